The van der Waals surface area contributed by atoms with Crippen LogP contribution in [-0.4, -0.2) is 38.6 Å². The van der Waals surface area contributed by atoms with Crippen molar-refractivity contribution in [1.29, 1.82) is 0 Å². The monoisotopic (exact) mass is 375 g/mol. The largest absolute Gasteiger partial charge is 0.325 e. The van der Waals surface area contributed by atoms with Gasteiger partial charge in [-0.15, -0.1) is 5.10 Å². The average Bonchev–Trinajstić information content (AvgIpc) is 2.92. The number of fused-ring (bicyclic) bond motifs is 1. The molecule has 2 heterocycles. The van der Waals surface area contributed by atoms with Crippen molar-refractivity contribution in [3.8, 4) is 0 Å². The first kappa shape index (κ1) is 18.2. The number of carbonyl (C=O) groups excluding carboxylic acids is 1. The van der Waals surface area contributed by atoms with Crippen LogP contribution in [0.25, 0.3) is 10.9 Å². The Balaban J connectivity index is 1.69. The summed E-state index contributed by atoms with van der Waals surface area (Å²) in [6, 6.07) is 6.65. The van der Waals surface area contributed by atoms with E-state index in [0.717, 1.165) is 10.5 Å². The van der Waals surface area contributed by atoms with Gasteiger partial charge in [0.25, 0.3) is 5.56 Å². The van der Waals surface area contributed by atoms with E-state index in [1.165, 1.54) is 22.6 Å². The fourth-order valence-electron chi connectivity index (χ4n) is 2.50. The van der Waals surface area contributed by atoms with Gasteiger partial charge in [0.1, 0.15) is 0 Å². The van der Waals surface area contributed by atoms with E-state index in [0.29, 0.717) is 16.6 Å². The summed E-state index contributed by atoms with van der Waals surface area (Å²) in [5.74, 6) is -0.801. The minimum atomic E-state index is -0.545. The minimum absolute atomic E-state index is 0.0892. The lowest BCUT2D eigenvalue weighted by Gasteiger charge is -2.16. The van der Waals surface area contributed by atoms with Gasteiger partial charge in [-0.05, 0) is 49.7 Å². The molecule has 0 saturated carbocycles. The smallest absolute Gasteiger partial charge is 0.252 e. The van der Waals surface area contributed by atoms with Crippen LogP contribution in [0.1, 0.15) is 5.56 Å². The highest BCUT2D eigenvalue weighted by Crippen LogP contribution is 2.30. The normalized spacial score (nSPS) is 11.3. The van der Waals surface area contributed by atoms with Gasteiger partial charge in [-0.2, -0.15) is 4.39 Å². The second-order valence-electron chi connectivity index (χ2n) is 5.99. The summed E-state index contributed by atoms with van der Waals surface area (Å²) in [6.45, 7) is 1.96. The summed E-state index contributed by atoms with van der Waals surface area (Å²) >= 11 is 1.31. The number of nitrogens with zero attached hydrogens (tertiary/aromatic N) is 3. The molecule has 0 aliphatic heterocycles. The Kier molecular flexibility index (Phi) is 5.10. The predicted molar refractivity (Wildman–Crippen MR) is 99.6 cm³/mol. The molecule has 1 amide bonds. The molecule has 3 aromatic rings. The summed E-state index contributed by atoms with van der Waals surface area (Å²) in [7, 11) is 3.40. The van der Waals surface area contributed by atoms with E-state index < -0.39 is 5.95 Å². The van der Waals surface area contributed by atoms with Gasteiger partial charge >= 0.3 is 0 Å². The first-order valence-electron chi connectivity index (χ1n) is 7.83. The molecule has 26 heavy (non-hydrogen) atoms. The number of nitrogens with one attached hydrogen (secondary N) is 2. The highest BCUT2D eigenvalue weighted by atomic mass is 32.2. The van der Waals surface area contributed by atoms with Crippen molar-refractivity contribution in [2.45, 2.75) is 11.8 Å². The molecule has 0 saturated heterocycles. The third-order valence-corrected chi connectivity index (χ3v) is 4.70. The van der Waals surface area contributed by atoms with Crippen LogP contribution in [0.3, 0.4) is 0 Å². The van der Waals surface area contributed by atoms with E-state index >= 15 is 0 Å². The van der Waals surface area contributed by atoms with Gasteiger partial charge in [0.05, 0.1) is 17.4 Å². The van der Waals surface area contributed by atoms with E-state index in [1.807, 2.05) is 13.0 Å². The standard InChI is InChI=1S/C17H18FN5O2S/c1-10-6-12-16(20-21-17(12)18)13(7-10)26-23(3)9-14(24)19-11-4-5-22(2)15(25)8-11/h4-8H,9H2,1-3H3,(H,19,24)(H,20,21). The number of likely N-dealkylation sites (N-methyl/N-ethyl adjacent to an activating group) is 1. The molecule has 0 aliphatic rings. The zero-order valence-electron chi connectivity index (χ0n) is 14.5. The number of amides is 1. The molecule has 0 fully saturated rings. The van der Waals surface area contributed by atoms with Gasteiger partial charge in [0.2, 0.25) is 11.9 Å². The molecule has 0 bridgehead atoms. The summed E-state index contributed by atoms with van der Waals surface area (Å²) in [4.78, 5) is 24.6. The molecule has 0 atom stereocenters. The summed E-state index contributed by atoms with van der Waals surface area (Å²) in [5, 5.41) is 9.40. The molecule has 0 aliphatic carbocycles. The van der Waals surface area contributed by atoms with Crippen molar-refractivity contribution in [3.63, 3.8) is 0 Å². The zero-order chi connectivity index (χ0) is 18.8. The first-order chi connectivity index (χ1) is 12.3. The molecule has 136 valence electrons. The third kappa shape index (κ3) is 3.94. The van der Waals surface area contributed by atoms with Crippen molar-refractivity contribution in [2.75, 3.05) is 18.9 Å². The molecule has 2 N–H and O–H groups in total. The van der Waals surface area contributed by atoms with Gasteiger partial charge in [-0.25, -0.2) is 4.31 Å². The van der Waals surface area contributed by atoms with Crippen LogP contribution in [0, 0.1) is 12.9 Å². The summed E-state index contributed by atoms with van der Waals surface area (Å²) < 4.78 is 16.8. The van der Waals surface area contributed by atoms with Crippen molar-refractivity contribution in [1.82, 2.24) is 19.1 Å². The van der Waals surface area contributed by atoms with Gasteiger partial charge in [0.15, 0.2) is 0 Å². The number of hydrogen-bond acceptors (Lipinski definition) is 5. The molecule has 7 nitrogen and oxygen atoms in total. The van der Waals surface area contributed by atoms with Gasteiger partial charge < -0.3 is 9.88 Å². The average molecular weight is 375 g/mol. The topological polar surface area (TPSA) is 83.0 Å². The second-order valence-corrected chi connectivity index (χ2v) is 7.24. The molecule has 0 radical (unpaired) electrons. The SMILES string of the molecule is Cc1cc(SN(C)CC(=O)Nc2ccn(C)c(=O)c2)c2[nH]nc(F)c2c1. The van der Waals surface area contributed by atoms with E-state index in [4.69, 9.17) is 0 Å². The van der Waals surface area contributed by atoms with Crippen molar-refractivity contribution in [3.05, 3.63) is 52.3 Å². The highest BCUT2D eigenvalue weighted by molar-refractivity contribution is 7.97. The Labute approximate surface area is 153 Å². The zero-order valence-corrected chi connectivity index (χ0v) is 15.4. The van der Waals surface area contributed by atoms with E-state index in [2.05, 4.69) is 15.5 Å². The molecular formula is C17H18FN5O2S. The van der Waals surface area contributed by atoms with Crippen LogP contribution < -0.4 is 10.9 Å². The number of aryl methyl sites for hydroxylation is 2. The van der Waals surface area contributed by atoms with Crippen molar-refractivity contribution < 1.29 is 9.18 Å². The van der Waals surface area contributed by atoms with Crippen molar-refractivity contribution >= 4 is 34.4 Å². The highest BCUT2D eigenvalue weighted by Gasteiger charge is 2.14. The maximum absolute atomic E-state index is 13.7. The molecule has 9 heteroatoms. The lowest BCUT2D eigenvalue weighted by molar-refractivity contribution is -0.116. The van der Waals surface area contributed by atoms with Crippen LogP contribution in [0.15, 0.2) is 40.2 Å². The summed E-state index contributed by atoms with van der Waals surface area (Å²) in [5.41, 5.74) is 1.74. The van der Waals surface area contributed by atoms with Gasteiger partial charge in [-0.1, -0.05) is 0 Å². The maximum Gasteiger partial charge on any atom is 0.252 e. The van der Waals surface area contributed by atoms with Crippen LogP contribution in [0.2, 0.25) is 0 Å². The third-order valence-electron chi connectivity index (χ3n) is 3.74. The number of anilines is 1. The molecule has 0 spiro atoms. The Bertz CT molecular complexity index is 1030. The maximum atomic E-state index is 13.7. The lowest BCUT2D eigenvalue weighted by atomic mass is 10.2. The quantitative estimate of drug-likeness (QED) is 0.669. The van der Waals surface area contributed by atoms with E-state index in [9.17, 15) is 14.0 Å². The number of rotatable bonds is 5. The number of carbonyl (C=O) groups is 1. The van der Waals surface area contributed by atoms with E-state index in [1.54, 1.807) is 36.7 Å². The molecule has 1 aromatic carbocycles. The molecule has 2 aromatic heterocycles. The number of aromatic amines is 1. The fourth-order valence-corrected chi connectivity index (χ4v) is 3.50. The number of hydrogen-bond donors (Lipinski definition) is 2. The van der Waals surface area contributed by atoms with E-state index in [-0.39, 0.29) is 18.0 Å². The summed E-state index contributed by atoms with van der Waals surface area (Å²) in [6.07, 6.45) is 1.59. The van der Waals surface area contributed by atoms with Crippen LogP contribution >= 0.6 is 11.9 Å². The van der Waals surface area contributed by atoms with Gasteiger partial charge in [-0.3, -0.25) is 14.7 Å². The molecular weight excluding hydrogens is 357 g/mol. The first-order valence-corrected chi connectivity index (χ1v) is 8.60. The lowest BCUT2D eigenvalue weighted by Crippen LogP contribution is -2.26. The number of benzene rings is 1. The number of aromatic nitrogens is 3. The predicted octanol–water partition coefficient (Wildman–Crippen LogP) is 2.29. The second kappa shape index (κ2) is 7.30. The van der Waals surface area contributed by atoms with Gasteiger partial charge in [0, 0.05) is 29.9 Å². The van der Waals surface area contributed by atoms with Crippen LogP contribution in [0.5, 0.6) is 0 Å². The minimum Gasteiger partial charge on any atom is -0.325 e. The Morgan fingerprint density at radius 1 is 1.42 bits per heavy atom. The van der Waals surface area contributed by atoms with Crippen LogP contribution in [-0.2, 0) is 11.8 Å². The molecule has 3 rings (SSSR count). The Morgan fingerprint density at radius 2 is 2.19 bits per heavy atom. The number of H-pyrrole nitrogens is 1. The number of halogens is 1. The number of pyridine rings is 1. The molecule has 0 unspecified atom stereocenters. The fraction of sp³-hybridized carbons (Fsp3) is 0.235. The van der Waals surface area contributed by atoms with Crippen LogP contribution in [0.4, 0.5) is 10.1 Å². The Hall–Kier alpha value is -2.65. The Morgan fingerprint density at radius 3 is 2.92 bits per heavy atom. The van der Waals surface area contributed by atoms with Crippen molar-refractivity contribution in [2.24, 2.45) is 7.05 Å².